The number of carbonyl (C=O) groups excluding carboxylic acids is 3. The van der Waals surface area contributed by atoms with Gasteiger partial charge in [-0.3, -0.25) is 19.2 Å². The van der Waals surface area contributed by atoms with Gasteiger partial charge in [0.2, 0.25) is 11.8 Å². The van der Waals surface area contributed by atoms with Gasteiger partial charge in [0.15, 0.2) is 5.96 Å². The summed E-state index contributed by atoms with van der Waals surface area (Å²) >= 11 is 0. The zero-order valence-electron chi connectivity index (χ0n) is 16.4. The Morgan fingerprint density at radius 3 is 2.35 bits per heavy atom. The Balaban J connectivity index is 1.96. The average Bonchev–Trinajstić information content (AvgIpc) is 2.71. The number of nitrogens with zero attached hydrogens (tertiary/aromatic N) is 1. The number of aliphatic carboxylic acids is 1. The van der Waals surface area contributed by atoms with Crippen LogP contribution in [0.15, 0.2) is 59.6 Å². The first-order chi connectivity index (χ1) is 14.7. The average molecular weight is 426 g/mol. The van der Waals surface area contributed by atoms with E-state index in [2.05, 4.69) is 20.9 Å². The summed E-state index contributed by atoms with van der Waals surface area (Å²) in [6.45, 7) is -0.472. The molecular weight excluding hydrogens is 404 g/mol. The van der Waals surface area contributed by atoms with Crippen LogP contribution in [0, 0.1) is 0 Å². The van der Waals surface area contributed by atoms with E-state index in [9.17, 15) is 19.2 Å². The van der Waals surface area contributed by atoms with E-state index in [4.69, 9.17) is 16.6 Å². The second kappa shape index (κ2) is 11.0. The Labute approximate surface area is 177 Å². The van der Waals surface area contributed by atoms with Gasteiger partial charge in [0.05, 0.1) is 18.7 Å². The van der Waals surface area contributed by atoms with Crippen molar-refractivity contribution in [3.8, 4) is 0 Å². The van der Waals surface area contributed by atoms with Crippen LogP contribution in [-0.4, -0.2) is 47.3 Å². The second-order valence-electron chi connectivity index (χ2n) is 6.34. The molecule has 0 saturated carbocycles. The number of anilines is 1. The maximum Gasteiger partial charge on any atom is 0.305 e. The SMILES string of the molecule is NC(N)=Nc1cccc(C(=O)NCC(=O)N[C@@H](CC(=O)O)C(=O)Nc2ccccc2)c1. The van der Waals surface area contributed by atoms with Crippen molar-refractivity contribution in [1.29, 1.82) is 0 Å². The highest BCUT2D eigenvalue weighted by Gasteiger charge is 2.24. The molecule has 0 saturated heterocycles. The number of benzene rings is 2. The lowest BCUT2D eigenvalue weighted by Gasteiger charge is -2.17. The Bertz CT molecular complexity index is 989. The van der Waals surface area contributed by atoms with Gasteiger partial charge >= 0.3 is 5.97 Å². The van der Waals surface area contributed by atoms with E-state index >= 15 is 0 Å². The van der Waals surface area contributed by atoms with Crippen molar-refractivity contribution in [2.45, 2.75) is 12.5 Å². The van der Waals surface area contributed by atoms with Gasteiger partial charge in [0, 0.05) is 11.3 Å². The van der Waals surface area contributed by atoms with Gasteiger partial charge in [0.25, 0.3) is 5.91 Å². The Kier molecular flexibility index (Phi) is 8.08. The highest BCUT2D eigenvalue weighted by molar-refractivity contribution is 6.00. The minimum atomic E-state index is -1.33. The first kappa shape index (κ1) is 22.9. The largest absolute Gasteiger partial charge is 0.481 e. The molecule has 2 aromatic rings. The molecular formula is C20H22N6O5. The van der Waals surface area contributed by atoms with Crippen molar-refractivity contribution < 1.29 is 24.3 Å². The molecule has 31 heavy (non-hydrogen) atoms. The summed E-state index contributed by atoms with van der Waals surface area (Å²) in [6.07, 6.45) is -0.626. The minimum Gasteiger partial charge on any atom is -0.481 e. The molecule has 1 atom stereocenters. The molecule has 2 aromatic carbocycles. The minimum absolute atomic E-state index is 0.171. The molecule has 11 heteroatoms. The summed E-state index contributed by atoms with van der Waals surface area (Å²) in [5, 5.41) is 16.3. The van der Waals surface area contributed by atoms with Gasteiger partial charge < -0.3 is 32.5 Å². The molecule has 2 rings (SSSR count). The number of amides is 3. The normalized spacial score (nSPS) is 11.0. The fourth-order valence-corrected chi connectivity index (χ4v) is 2.51. The molecule has 0 radical (unpaired) electrons. The van der Waals surface area contributed by atoms with Crippen molar-refractivity contribution in [2.75, 3.05) is 11.9 Å². The zero-order chi connectivity index (χ0) is 22.8. The van der Waals surface area contributed by atoms with Gasteiger partial charge in [-0.1, -0.05) is 24.3 Å². The predicted molar refractivity (Wildman–Crippen MR) is 114 cm³/mol. The van der Waals surface area contributed by atoms with Crippen LogP contribution in [0.25, 0.3) is 0 Å². The van der Waals surface area contributed by atoms with Crippen LogP contribution < -0.4 is 27.4 Å². The number of carboxylic acid groups (broad SMARTS) is 1. The van der Waals surface area contributed by atoms with Crippen LogP contribution in [0.5, 0.6) is 0 Å². The molecule has 11 nitrogen and oxygen atoms in total. The van der Waals surface area contributed by atoms with Crippen molar-refractivity contribution >= 4 is 41.0 Å². The van der Waals surface area contributed by atoms with Crippen LogP contribution in [0.4, 0.5) is 11.4 Å². The smallest absolute Gasteiger partial charge is 0.305 e. The maximum atomic E-state index is 12.4. The predicted octanol–water partition coefficient (Wildman–Crippen LogP) is -0.0805. The lowest BCUT2D eigenvalue weighted by Crippen LogP contribution is -2.48. The monoisotopic (exact) mass is 426 g/mol. The number of guanidine groups is 1. The van der Waals surface area contributed by atoms with Gasteiger partial charge in [0.1, 0.15) is 6.04 Å². The first-order valence-electron chi connectivity index (χ1n) is 9.09. The molecule has 0 fully saturated rings. The summed E-state index contributed by atoms with van der Waals surface area (Å²) in [4.78, 5) is 51.7. The van der Waals surface area contributed by atoms with E-state index in [0.717, 1.165) is 0 Å². The third-order valence-electron chi connectivity index (χ3n) is 3.85. The molecule has 0 aliphatic heterocycles. The standard InChI is InChI=1S/C20H22N6O5/c21-20(22)25-14-8-4-5-12(9-14)18(30)23-11-16(27)26-15(10-17(28)29)19(31)24-13-6-2-1-3-7-13/h1-9,15H,10-11H2,(H,23,30)(H,24,31)(H,26,27)(H,28,29)(H4,21,22,25)/t15-/m0/s1. The van der Waals surface area contributed by atoms with E-state index in [1.54, 1.807) is 42.5 Å². The summed E-state index contributed by atoms with van der Waals surface area (Å²) in [7, 11) is 0. The molecule has 0 aromatic heterocycles. The topological polar surface area (TPSA) is 189 Å². The molecule has 0 heterocycles. The van der Waals surface area contributed by atoms with Crippen molar-refractivity contribution in [3.63, 3.8) is 0 Å². The van der Waals surface area contributed by atoms with Crippen LogP contribution in [0.1, 0.15) is 16.8 Å². The molecule has 8 N–H and O–H groups in total. The Morgan fingerprint density at radius 2 is 1.71 bits per heavy atom. The van der Waals surface area contributed by atoms with E-state index in [1.165, 1.54) is 12.1 Å². The number of rotatable bonds is 9. The zero-order valence-corrected chi connectivity index (χ0v) is 16.4. The molecule has 162 valence electrons. The van der Waals surface area contributed by atoms with Crippen LogP contribution in [0.2, 0.25) is 0 Å². The molecule has 0 unspecified atom stereocenters. The third kappa shape index (κ3) is 7.85. The fourth-order valence-electron chi connectivity index (χ4n) is 2.51. The van der Waals surface area contributed by atoms with Crippen LogP contribution in [0.3, 0.4) is 0 Å². The second-order valence-corrected chi connectivity index (χ2v) is 6.34. The summed E-state index contributed by atoms with van der Waals surface area (Å²) in [5.74, 6) is -3.45. The van der Waals surface area contributed by atoms with E-state index in [0.29, 0.717) is 11.4 Å². The maximum absolute atomic E-state index is 12.4. The van der Waals surface area contributed by atoms with Gasteiger partial charge in [-0.2, -0.15) is 0 Å². The summed E-state index contributed by atoms with van der Waals surface area (Å²) in [5.41, 5.74) is 11.6. The highest BCUT2D eigenvalue weighted by Crippen LogP contribution is 2.13. The van der Waals surface area contributed by atoms with Crippen molar-refractivity contribution in [3.05, 3.63) is 60.2 Å². The van der Waals surface area contributed by atoms with Gasteiger partial charge in [-0.15, -0.1) is 0 Å². The van der Waals surface area contributed by atoms with Crippen molar-refractivity contribution in [1.82, 2.24) is 10.6 Å². The number of para-hydroxylation sites is 1. The van der Waals surface area contributed by atoms with E-state index in [1.807, 2.05) is 0 Å². The summed E-state index contributed by atoms with van der Waals surface area (Å²) in [6, 6.07) is 13.1. The van der Waals surface area contributed by atoms with Crippen LogP contribution in [-0.2, 0) is 14.4 Å². The molecule has 0 bridgehead atoms. The molecule has 0 spiro atoms. The Morgan fingerprint density at radius 1 is 1.00 bits per heavy atom. The van der Waals surface area contributed by atoms with Crippen molar-refractivity contribution in [2.24, 2.45) is 16.5 Å². The molecule has 0 aliphatic rings. The van der Waals surface area contributed by atoms with Gasteiger partial charge in [-0.05, 0) is 30.3 Å². The Hall–Kier alpha value is -4.41. The number of hydrogen-bond acceptors (Lipinski definition) is 5. The fraction of sp³-hybridized carbons (Fsp3) is 0.150. The molecule has 3 amide bonds. The number of carbonyl (C=O) groups is 4. The van der Waals surface area contributed by atoms with Crippen LogP contribution >= 0.6 is 0 Å². The van der Waals surface area contributed by atoms with E-state index in [-0.39, 0.29) is 11.5 Å². The number of carboxylic acids is 1. The molecule has 0 aliphatic carbocycles. The first-order valence-corrected chi connectivity index (χ1v) is 9.09. The number of nitrogens with one attached hydrogen (secondary N) is 3. The highest BCUT2D eigenvalue weighted by atomic mass is 16.4. The lowest BCUT2D eigenvalue weighted by molar-refractivity contribution is -0.139. The number of aliphatic imine (C=N–C) groups is 1. The lowest BCUT2D eigenvalue weighted by atomic mass is 10.1. The number of hydrogen-bond donors (Lipinski definition) is 6. The quantitative estimate of drug-likeness (QED) is 0.239. The number of nitrogens with two attached hydrogens (primary N) is 2. The third-order valence-corrected chi connectivity index (χ3v) is 3.85. The summed E-state index contributed by atoms with van der Waals surface area (Å²) < 4.78 is 0. The van der Waals surface area contributed by atoms with E-state index < -0.39 is 42.7 Å². The van der Waals surface area contributed by atoms with Gasteiger partial charge in [-0.25, -0.2) is 4.99 Å².